The number of urea groups is 1. The van der Waals surface area contributed by atoms with Crippen molar-refractivity contribution in [2.24, 2.45) is 5.92 Å². The molecule has 2 amide bonds. The Bertz CT molecular complexity index is 704. The van der Waals surface area contributed by atoms with E-state index in [0.717, 1.165) is 29.3 Å². The minimum absolute atomic E-state index is 0.00570. The summed E-state index contributed by atoms with van der Waals surface area (Å²) in [5, 5.41) is 6.35. The van der Waals surface area contributed by atoms with Crippen molar-refractivity contribution in [3.63, 3.8) is 0 Å². The van der Waals surface area contributed by atoms with Crippen LogP contribution in [0.4, 0.5) is 4.79 Å². The predicted octanol–water partition coefficient (Wildman–Crippen LogP) is 4.43. The van der Waals surface area contributed by atoms with Gasteiger partial charge in [-0.25, -0.2) is 9.78 Å². The Morgan fingerprint density at radius 2 is 2.21 bits per heavy atom. The van der Waals surface area contributed by atoms with Crippen molar-refractivity contribution in [1.29, 1.82) is 0 Å². The van der Waals surface area contributed by atoms with Crippen LogP contribution in [0.1, 0.15) is 61.2 Å². The molecule has 2 aliphatic carbocycles. The molecule has 128 valence electrons. The molecule has 2 atom stereocenters. The van der Waals surface area contributed by atoms with Crippen LogP contribution in [-0.2, 0) is 0 Å². The monoisotopic (exact) mass is 345 g/mol. The molecular formula is C18H23N3O2S. The molecule has 0 aliphatic heterocycles. The van der Waals surface area contributed by atoms with Crippen LogP contribution in [0.3, 0.4) is 0 Å². The average Bonchev–Trinajstić information content (AvgIpc) is 3.47. The van der Waals surface area contributed by atoms with Crippen molar-refractivity contribution in [1.82, 2.24) is 15.2 Å². The Morgan fingerprint density at radius 3 is 2.75 bits per heavy atom. The van der Waals surface area contributed by atoms with Gasteiger partial charge in [0.05, 0.1) is 18.3 Å². The Balaban J connectivity index is 1.52. The standard InChI is InChI=1S/C18H23N3O2S/c1-11-10-24-17(19-11)16(13-5-6-13)20-18(22)21(14-7-8-14)12(2)15-4-3-9-23-15/h3-4,9-10,12-14,16H,5-8H2,1-2H3,(H,20,22)/t12-,16+/m0/s1. The first kappa shape index (κ1) is 15.7. The van der Waals surface area contributed by atoms with Crippen molar-refractivity contribution in [3.05, 3.63) is 40.2 Å². The van der Waals surface area contributed by atoms with E-state index in [1.807, 2.05) is 30.9 Å². The maximum atomic E-state index is 13.0. The lowest BCUT2D eigenvalue weighted by Gasteiger charge is -2.30. The lowest BCUT2D eigenvalue weighted by atomic mass is 10.2. The molecule has 0 unspecified atom stereocenters. The lowest BCUT2D eigenvalue weighted by Crippen LogP contribution is -2.44. The van der Waals surface area contributed by atoms with Gasteiger partial charge < -0.3 is 14.6 Å². The summed E-state index contributed by atoms with van der Waals surface area (Å²) in [5.41, 5.74) is 1.03. The van der Waals surface area contributed by atoms with E-state index >= 15 is 0 Å². The van der Waals surface area contributed by atoms with Gasteiger partial charge in [0.1, 0.15) is 10.8 Å². The quantitative estimate of drug-likeness (QED) is 0.842. The maximum Gasteiger partial charge on any atom is 0.318 e. The first-order valence-corrected chi connectivity index (χ1v) is 9.55. The number of hydrogen-bond donors (Lipinski definition) is 1. The second-order valence-corrected chi connectivity index (χ2v) is 7.81. The number of carbonyl (C=O) groups excluding carboxylic acids is 1. The van der Waals surface area contributed by atoms with Crippen LogP contribution < -0.4 is 5.32 Å². The fraction of sp³-hybridized carbons (Fsp3) is 0.556. The maximum absolute atomic E-state index is 13.0. The zero-order valence-corrected chi connectivity index (χ0v) is 14.9. The molecule has 0 spiro atoms. The zero-order valence-electron chi connectivity index (χ0n) is 14.1. The number of hydrogen-bond acceptors (Lipinski definition) is 4. The number of aryl methyl sites for hydroxylation is 1. The Labute approximate surface area is 146 Å². The third-order valence-electron chi connectivity index (χ3n) is 4.82. The highest BCUT2D eigenvalue weighted by Crippen LogP contribution is 2.42. The van der Waals surface area contributed by atoms with E-state index < -0.39 is 0 Å². The van der Waals surface area contributed by atoms with Crippen LogP contribution in [0.5, 0.6) is 0 Å². The summed E-state index contributed by atoms with van der Waals surface area (Å²) in [6.07, 6.45) is 6.15. The number of amides is 2. The molecule has 2 saturated carbocycles. The second kappa shape index (κ2) is 6.24. The topological polar surface area (TPSA) is 58.4 Å². The van der Waals surface area contributed by atoms with Crippen LogP contribution in [0.25, 0.3) is 0 Å². The van der Waals surface area contributed by atoms with E-state index in [-0.39, 0.29) is 18.1 Å². The van der Waals surface area contributed by atoms with E-state index in [4.69, 9.17) is 4.42 Å². The van der Waals surface area contributed by atoms with Crippen LogP contribution in [0.15, 0.2) is 28.2 Å². The van der Waals surface area contributed by atoms with E-state index in [2.05, 4.69) is 15.7 Å². The van der Waals surface area contributed by atoms with Crippen LogP contribution >= 0.6 is 11.3 Å². The fourth-order valence-electron chi connectivity index (χ4n) is 3.21. The molecule has 24 heavy (non-hydrogen) atoms. The van der Waals surface area contributed by atoms with Gasteiger partial charge in [0.25, 0.3) is 0 Å². The van der Waals surface area contributed by atoms with Gasteiger partial charge in [-0.05, 0) is 57.6 Å². The summed E-state index contributed by atoms with van der Waals surface area (Å²) in [5.74, 6) is 1.37. The number of furan rings is 1. The first-order chi connectivity index (χ1) is 11.6. The summed E-state index contributed by atoms with van der Waals surface area (Å²) in [6, 6.07) is 4.14. The van der Waals surface area contributed by atoms with Gasteiger partial charge >= 0.3 is 6.03 Å². The molecule has 2 aliphatic rings. The number of carbonyl (C=O) groups is 1. The van der Waals surface area contributed by atoms with Crippen molar-refractivity contribution in [3.8, 4) is 0 Å². The summed E-state index contributed by atoms with van der Waals surface area (Å²) >= 11 is 1.65. The van der Waals surface area contributed by atoms with Crippen molar-refractivity contribution >= 4 is 17.4 Å². The van der Waals surface area contributed by atoms with Crippen LogP contribution in [0.2, 0.25) is 0 Å². The second-order valence-electron chi connectivity index (χ2n) is 6.92. The predicted molar refractivity (Wildman–Crippen MR) is 92.8 cm³/mol. The summed E-state index contributed by atoms with van der Waals surface area (Å²) in [6.45, 7) is 4.04. The number of aromatic nitrogens is 1. The van der Waals surface area contributed by atoms with Crippen molar-refractivity contribution in [2.45, 2.75) is 57.7 Å². The van der Waals surface area contributed by atoms with E-state index in [0.29, 0.717) is 12.0 Å². The first-order valence-electron chi connectivity index (χ1n) is 8.67. The number of nitrogens with zero attached hydrogens (tertiary/aromatic N) is 2. The van der Waals surface area contributed by atoms with Crippen LogP contribution in [0, 0.1) is 12.8 Å². The molecule has 0 radical (unpaired) electrons. The molecule has 5 nitrogen and oxygen atoms in total. The molecule has 2 aromatic rings. The molecule has 2 aromatic heterocycles. The minimum Gasteiger partial charge on any atom is -0.467 e. The van der Waals surface area contributed by atoms with Crippen LogP contribution in [-0.4, -0.2) is 22.0 Å². The van der Waals surface area contributed by atoms with Gasteiger partial charge in [0.15, 0.2) is 0 Å². The van der Waals surface area contributed by atoms with E-state index in [1.165, 1.54) is 12.8 Å². The Hall–Kier alpha value is -1.82. The largest absolute Gasteiger partial charge is 0.467 e. The number of rotatable bonds is 6. The average molecular weight is 345 g/mol. The van der Waals surface area contributed by atoms with Gasteiger partial charge in [-0.3, -0.25) is 0 Å². The molecule has 2 heterocycles. The van der Waals surface area contributed by atoms with E-state index in [1.54, 1.807) is 17.6 Å². The van der Waals surface area contributed by atoms with Gasteiger partial charge in [-0.2, -0.15) is 0 Å². The lowest BCUT2D eigenvalue weighted by molar-refractivity contribution is 0.161. The Morgan fingerprint density at radius 1 is 1.42 bits per heavy atom. The third kappa shape index (κ3) is 3.20. The highest BCUT2D eigenvalue weighted by Gasteiger charge is 2.41. The summed E-state index contributed by atoms with van der Waals surface area (Å²) in [7, 11) is 0. The summed E-state index contributed by atoms with van der Waals surface area (Å²) in [4.78, 5) is 19.6. The smallest absolute Gasteiger partial charge is 0.318 e. The van der Waals surface area contributed by atoms with Gasteiger partial charge in [-0.1, -0.05) is 0 Å². The van der Waals surface area contributed by atoms with Crippen molar-refractivity contribution in [2.75, 3.05) is 0 Å². The molecule has 0 bridgehead atoms. The number of nitrogens with one attached hydrogen (secondary N) is 1. The highest BCUT2D eigenvalue weighted by molar-refractivity contribution is 7.09. The molecule has 1 N–H and O–H groups in total. The summed E-state index contributed by atoms with van der Waals surface area (Å²) < 4.78 is 5.53. The molecule has 2 fully saturated rings. The Kier molecular flexibility index (Phi) is 4.08. The minimum atomic E-state index is -0.0506. The zero-order chi connectivity index (χ0) is 16.7. The van der Waals surface area contributed by atoms with Gasteiger partial charge in [-0.15, -0.1) is 11.3 Å². The normalized spacial score (nSPS) is 19.8. The van der Waals surface area contributed by atoms with Gasteiger partial charge in [0, 0.05) is 17.1 Å². The number of thiazole rings is 1. The molecule has 0 aromatic carbocycles. The van der Waals surface area contributed by atoms with Gasteiger partial charge in [0.2, 0.25) is 0 Å². The molecule has 0 saturated heterocycles. The molecule has 4 rings (SSSR count). The van der Waals surface area contributed by atoms with E-state index in [9.17, 15) is 4.79 Å². The third-order valence-corrected chi connectivity index (χ3v) is 5.87. The molecule has 6 heteroatoms. The van der Waals surface area contributed by atoms with Crippen molar-refractivity contribution < 1.29 is 9.21 Å². The SMILES string of the molecule is Cc1csc([C@H](NC(=O)N(C2CC2)[C@@H](C)c2ccco2)C2CC2)n1. The molecular weight excluding hydrogens is 322 g/mol. The fourth-order valence-corrected chi connectivity index (χ4v) is 4.15. The highest BCUT2D eigenvalue weighted by atomic mass is 32.1.